The number of unbranched alkanes of at least 4 members (excludes halogenated alkanes) is 16. The zero-order valence-electron chi connectivity index (χ0n) is 39.2. The Kier molecular flexibility index (Phi) is 90.3. The van der Waals surface area contributed by atoms with Crippen molar-refractivity contribution in [1.82, 2.24) is 4.90 Å². The van der Waals surface area contributed by atoms with Crippen molar-refractivity contribution in [2.75, 3.05) is 66.5 Å². The summed E-state index contributed by atoms with van der Waals surface area (Å²) in [5, 5.41) is 9.33. The largest absolute Gasteiger partial charge is 0.396 e. The summed E-state index contributed by atoms with van der Waals surface area (Å²) < 4.78 is 0. The lowest BCUT2D eigenvalue weighted by Crippen LogP contribution is -2.27. The maximum absolute atomic E-state index is 9.33. The Balaban J connectivity index is -0.000000528. The van der Waals surface area contributed by atoms with Crippen LogP contribution >= 0.6 is 61.4 Å². The minimum atomic E-state index is 0.329. The molecule has 0 saturated carbocycles. The quantitative estimate of drug-likeness (QED) is 0.0367. The van der Waals surface area contributed by atoms with Crippen molar-refractivity contribution in [3.63, 3.8) is 0 Å². The van der Waals surface area contributed by atoms with E-state index in [4.69, 9.17) is 0 Å². The lowest BCUT2D eigenvalue weighted by Gasteiger charge is -2.22. The molecule has 0 saturated heterocycles. The maximum Gasteiger partial charge on any atom is 0.0443 e. The van der Waals surface area contributed by atoms with Gasteiger partial charge >= 0.3 is 0 Å². The second-order valence-corrected chi connectivity index (χ2v) is 16.9. The van der Waals surface area contributed by atoms with E-state index in [1.807, 2.05) is 69.2 Å². The summed E-state index contributed by atoms with van der Waals surface area (Å²) in [6.07, 6.45) is 31.3. The molecule has 0 aliphatic rings. The predicted molar refractivity (Wildman–Crippen MR) is 275 cm³/mol. The fourth-order valence-electron chi connectivity index (χ4n) is 5.85. The van der Waals surface area contributed by atoms with Gasteiger partial charge in [-0.25, -0.2) is 0 Å². The number of hydrogen-bond acceptors (Lipinski definition) is 7. The van der Waals surface area contributed by atoms with Gasteiger partial charge in [0.05, 0.1) is 0 Å². The van der Waals surface area contributed by atoms with E-state index in [-0.39, 0.29) is 0 Å². The molecule has 0 spiro atoms. The van der Waals surface area contributed by atoms with Crippen LogP contribution in [0.25, 0.3) is 0 Å². The predicted octanol–water partition coefficient (Wildman–Crippen LogP) is 16.9. The van der Waals surface area contributed by atoms with Crippen LogP contribution in [0.1, 0.15) is 224 Å². The van der Waals surface area contributed by atoms with Crippen molar-refractivity contribution in [2.45, 2.75) is 224 Å². The van der Waals surface area contributed by atoms with Gasteiger partial charge in [-0.1, -0.05) is 166 Å². The topological polar surface area (TPSA) is 23.5 Å². The molecule has 0 radical (unpaired) electrons. The van der Waals surface area contributed by atoms with Crippen molar-refractivity contribution in [3.8, 4) is 0 Å². The van der Waals surface area contributed by atoms with Crippen molar-refractivity contribution in [3.05, 3.63) is 0 Å². The lowest BCUT2D eigenvalue weighted by atomic mass is 10.1. The standard InChI is InChI=1S/C37H77NOS5.5C2H6/c1-36(23-20-29-40)34-43-31-18-14-10-6-2-4-8-12-16-25-38(27-22-28-39)26-17-13-9-5-3-7-11-15-19-32-44-35-37(33-42)24-21-30-41;5*1-2/h36-37,39-42H,2-35H2,1H3;5*1-2H3. The highest BCUT2D eigenvalue weighted by Gasteiger charge is 2.07. The second kappa shape index (κ2) is 72.3. The Hall–Kier alpha value is 1.67. The molecule has 2 nitrogen and oxygen atoms in total. The van der Waals surface area contributed by atoms with E-state index >= 15 is 0 Å². The van der Waals surface area contributed by atoms with Crippen molar-refractivity contribution >= 4 is 61.4 Å². The maximum atomic E-state index is 9.33. The highest BCUT2D eigenvalue weighted by atomic mass is 32.2. The van der Waals surface area contributed by atoms with Crippen molar-refractivity contribution in [1.29, 1.82) is 0 Å². The van der Waals surface area contributed by atoms with E-state index < -0.39 is 0 Å². The molecule has 0 fully saturated rings. The van der Waals surface area contributed by atoms with Gasteiger partial charge in [0, 0.05) is 13.2 Å². The van der Waals surface area contributed by atoms with Crippen LogP contribution in [-0.4, -0.2) is 76.5 Å². The summed E-state index contributed by atoms with van der Waals surface area (Å²) in [5.41, 5.74) is 0. The van der Waals surface area contributed by atoms with Crippen LogP contribution in [-0.2, 0) is 0 Å². The first-order chi connectivity index (χ1) is 26.7. The van der Waals surface area contributed by atoms with Crippen LogP contribution in [0, 0.1) is 11.8 Å². The third-order valence-electron chi connectivity index (χ3n) is 8.80. The minimum Gasteiger partial charge on any atom is -0.396 e. The molecule has 0 bridgehead atoms. The Labute approximate surface area is 371 Å². The Morgan fingerprint density at radius 2 is 0.759 bits per heavy atom. The summed E-state index contributed by atoms with van der Waals surface area (Å²) >= 11 is 17.5. The smallest absolute Gasteiger partial charge is 0.0443 e. The van der Waals surface area contributed by atoms with Gasteiger partial charge < -0.3 is 10.0 Å². The molecular formula is C47H107NOS5. The van der Waals surface area contributed by atoms with Gasteiger partial charge in [0.15, 0.2) is 0 Å². The Bertz CT molecular complexity index is 532. The van der Waals surface area contributed by atoms with Gasteiger partial charge in [0.1, 0.15) is 0 Å². The third-order valence-corrected chi connectivity index (χ3v) is 12.6. The van der Waals surface area contributed by atoms with Crippen LogP contribution in [0.5, 0.6) is 0 Å². The Morgan fingerprint density at radius 3 is 1.13 bits per heavy atom. The average Bonchev–Trinajstić information content (AvgIpc) is 3.23. The van der Waals surface area contributed by atoms with Crippen molar-refractivity contribution in [2.24, 2.45) is 11.8 Å². The molecule has 2 atom stereocenters. The number of hydrogen-bond donors (Lipinski definition) is 4. The fraction of sp³-hybridized carbons (Fsp3) is 1.00. The molecule has 0 aromatic carbocycles. The van der Waals surface area contributed by atoms with Crippen LogP contribution in [0.2, 0.25) is 0 Å². The molecule has 0 aromatic heterocycles. The molecular weight excluding hydrogens is 755 g/mol. The molecule has 0 aromatic rings. The molecule has 7 heteroatoms. The molecule has 1 N–H and O–H groups in total. The van der Waals surface area contributed by atoms with E-state index in [0.29, 0.717) is 6.61 Å². The van der Waals surface area contributed by atoms with Gasteiger partial charge in [-0.2, -0.15) is 61.4 Å². The summed E-state index contributed by atoms with van der Waals surface area (Å²) in [6, 6.07) is 0. The second-order valence-electron chi connectivity index (χ2n) is 13.3. The van der Waals surface area contributed by atoms with Gasteiger partial charge in [-0.3, -0.25) is 0 Å². The Morgan fingerprint density at radius 1 is 0.426 bits per heavy atom. The van der Waals surface area contributed by atoms with Crippen molar-refractivity contribution < 1.29 is 5.11 Å². The molecule has 336 valence electrons. The van der Waals surface area contributed by atoms with E-state index in [9.17, 15) is 5.11 Å². The summed E-state index contributed by atoms with van der Waals surface area (Å²) in [4.78, 5) is 2.63. The van der Waals surface area contributed by atoms with E-state index in [2.05, 4.69) is 73.2 Å². The molecule has 54 heavy (non-hydrogen) atoms. The van der Waals surface area contributed by atoms with Crippen LogP contribution in [0.4, 0.5) is 0 Å². The molecule has 0 heterocycles. The zero-order chi connectivity index (χ0) is 42.2. The zero-order valence-corrected chi connectivity index (χ0v) is 43.6. The normalized spacial score (nSPS) is 11.3. The SMILES string of the molecule is CC.CC.CC.CC.CC.CC(CCCS)CSCCCCCCCCCCCN(CCCO)CCCCCCCCCCCSCC(CS)CCCS. The van der Waals surface area contributed by atoms with Crippen LogP contribution in [0.15, 0.2) is 0 Å². The first-order valence-corrected chi connectivity index (χ1v) is 28.2. The first kappa shape index (κ1) is 67.4. The number of nitrogens with zero attached hydrogens (tertiary/aromatic N) is 1. The van der Waals surface area contributed by atoms with E-state index in [0.717, 1.165) is 42.1 Å². The number of aliphatic hydroxyl groups is 1. The van der Waals surface area contributed by atoms with Gasteiger partial charge in [0.25, 0.3) is 0 Å². The first-order valence-electron chi connectivity index (χ1n) is 24.0. The van der Waals surface area contributed by atoms with E-state index in [1.165, 1.54) is 177 Å². The van der Waals surface area contributed by atoms with Gasteiger partial charge in [-0.05, 0) is 123 Å². The number of thioether (sulfide) groups is 2. The van der Waals surface area contributed by atoms with Crippen LogP contribution in [0.3, 0.4) is 0 Å². The van der Waals surface area contributed by atoms with Gasteiger partial charge in [0.2, 0.25) is 0 Å². The van der Waals surface area contributed by atoms with Crippen LogP contribution < -0.4 is 0 Å². The molecule has 0 amide bonds. The molecule has 0 aliphatic heterocycles. The average molecular weight is 863 g/mol. The summed E-state index contributed by atoms with van der Waals surface area (Å²) in [6.45, 7) is 26.3. The van der Waals surface area contributed by atoms with E-state index in [1.54, 1.807) is 0 Å². The summed E-state index contributed by atoms with van der Waals surface area (Å²) in [5.74, 6) is 10.0. The lowest BCUT2D eigenvalue weighted by molar-refractivity contribution is 0.217. The highest BCUT2D eigenvalue weighted by Crippen LogP contribution is 2.19. The molecule has 0 aliphatic carbocycles. The number of aliphatic hydroxyl groups excluding tert-OH is 1. The number of rotatable bonds is 38. The van der Waals surface area contributed by atoms with Gasteiger partial charge in [-0.15, -0.1) is 0 Å². The molecule has 2 unspecified atom stereocenters. The number of thiol groups is 3. The fourth-order valence-corrected chi connectivity index (χ4v) is 9.04. The minimum absolute atomic E-state index is 0.329. The molecule has 0 rings (SSSR count). The highest BCUT2D eigenvalue weighted by molar-refractivity contribution is 7.99. The summed E-state index contributed by atoms with van der Waals surface area (Å²) in [7, 11) is 0. The monoisotopic (exact) mass is 862 g/mol. The third kappa shape index (κ3) is 65.5.